The van der Waals surface area contributed by atoms with Gasteiger partial charge < -0.3 is 0 Å². The molecule has 0 bridgehead atoms. The van der Waals surface area contributed by atoms with E-state index in [1.807, 2.05) is 0 Å². The van der Waals surface area contributed by atoms with Crippen LogP contribution in [-0.4, -0.2) is 17.3 Å². The van der Waals surface area contributed by atoms with Crippen molar-refractivity contribution in [2.75, 3.05) is 0 Å². The van der Waals surface area contributed by atoms with Gasteiger partial charge in [-0.1, -0.05) is 11.6 Å². The van der Waals surface area contributed by atoms with Crippen molar-refractivity contribution in [2.45, 2.75) is 11.6 Å². The third kappa shape index (κ3) is 2.60. The lowest BCUT2D eigenvalue weighted by Gasteiger charge is -2.00. The molecule has 0 aliphatic carbocycles. The Bertz CT molecular complexity index is 117. The quantitative estimate of drug-likeness (QED) is 0.419. The molecule has 0 aliphatic heterocycles. The van der Waals surface area contributed by atoms with Gasteiger partial charge in [0, 0.05) is 0 Å². The van der Waals surface area contributed by atoms with E-state index in [1.165, 1.54) is 0 Å². The fourth-order valence-electron chi connectivity index (χ4n) is 0.178. The predicted octanol–water partition coefficient (Wildman–Crippen LogP) is 1.56. The Kier molecular flexibility index (Phi) is 2.37. The highest BCUT2D eigenvalue weighted by atomic mass is 35.5. The molecule has 1 unspecified atom stereocenters. The molecule has 1 nitrogen and oxygen atoms in total. The molecule has 0 aliphatic rings. The van der Waals surface area contributed by atoms with Crippen LogP contribution in [0.25, 0.3) is 0 Å². The van der Waals surface area contributed by atoms with E-state index in [2.05, 4.69) is 6.92 Å². The van der Waals surface area contributed by atoms with Crippen LogP contribution < -0.4 is 0 Å². The van der Waals surface area contributed by atoms with Crippen LogP contribution in [0.1, 0.15) is 0 Å². The third-order valence-corrected chi connectivity index (χ3v) is 0.762. The minimum Gasteiger partial charge on any atom is -0.283 e. The molecular weight excluding hydrogens is 156 g/mol. The normalized spacial score (nSPS) is 15.1. The summed E-state index contributed by atoms with van der Waals surface area (Å²) in [5.74, 6) is -2.01. The van der Waals surface area contributed by atoms with Gasteiger partial charge in [0.05, 0.1) is 6.92 Å². The molecule has 0 amide bonds. The second-order valence-electron chi connectivity index (χ2n) is 1.33. The fraction of sp³-hybridized carbons (Fsp3) is 0.500. The van der Waals surface area contributed by atoms with Gasteiger partial charge in [0.25, 0.3) is 5.78 Å². The maximum atomic E-state index is 11.2. The van der Waals surface area contributed by atoms with Gasteiger partial charge in [-0.15, -0.1) is 0 Å². The molecule has 0 spiro atoms. The Labute approximate surface area is 54.8 Å². The molecule has 0 aromatic carbocycles. The molecule has 0 fully saturated rings. The highest BCUT2D eigenvalue weighted by molar-refractivity contribution is 6.32. The summed E-state index contributed by atoms with van der Waals surface area (Å²) in [6.45, 7) is 2.70. The molecule has 0 rings (SSSR count). The Balaban J connectivity index is 4.06. The van der Waals surface area contributed by atoms with Crippen molar-refractivity contribution in [1.29, 1.82) is 0 Å². The standard InChI is InChI=1S/C4H3ClF3O/c1-2(5)3(9)4(6,7)8/h2H,1H2/q+1. The summed E-state index contributed by atoms with van der Waals surface area (Å²) < 4.78 is 33.7. The molecule has 5 heteroatoms. The summed E-state index contributed by atoms with van der Waals surface area (Å²) >= 11 is 4.73. The first-order valence-electron chi connectivity index (χ1n) is 1.94. The molecule has 0 N–H and O–H groups in total. The molecular formula is C4H3ClF3O+. The average Bonchev–Trinajstić information content (AvgIpc) is 1.62. The van der Waals surface area contributed by atoms with Crippen LogP contribution in [0.3, 0.4) is 0 Å². The molecule has 0 heterocycles. The lowest BCUT2D eigenvalue weighted by atomic mass is 10.3. The number of alkyl halides is 4. The summed E-state index contributed by atoms with van der Waals surface area (Å²) in [6.07, 6.45) is -4.85. The highest BCUT2D eigenvalue weighted by Crippen LogP contribution is 2.19. The second-order valence-corrected chi connectivity index (χ2v) is 1.86. The van der Waals surface area contributed by atoms with Gasteiger partial charge in [0.15, 0.2) is 0 Å². The summed E-state index contributed by atoms with van der Waals surface area (Å²) in [7, 11) is 0. The summed E-state index contributed by atoms with van der Waals surface area (Å²) in [4.78, 5) is 9.84. The van der Waals surface area contributed by atoms with Crippen LogP contribution in [0.4, 0.5) is 13.2 Å². The molecule has 1 atom stereocenters. The Morgan fingerprint density at radius 1 is 1.56 bits per heavy atom. The first-order chi connectivity index (χ1) is 3.85. The van der Waals surface area contributed by atoms with Crippen LogP contribution in [0.5, 0.6) is 0 Å². The number of carbonyl (C=O) groups is 1. The zero-order valence-electron chi connectivity index (χ0n) is 4.20. The lowest BCUT2D eigenvalue weighted by Crippen LogP contribution is -2.29. The van der Waals surface area contributed by atoms with E-state index in [9.17, 15) is 18.0 Å². The largest absolute Gasteiger partial charge is 0.456 e. The number of hydrogen-bond donors (Lipinski definition) is 0. The van der Waals surface area contributed by atoms with Gasteiger partial charge in [0.1, 0.15) is 0 Å². The van der Waals surface area contributed by atoms with Gasteiger partial charge in [-0.05, 0) is 0 Å². The number of hydrogen-bond acceptors (Lipinski definition) is 1. The van der Waals surface area contributed by atoms with Gasteiger partial charge >= 0.3 is 6.18 Å². The maximum Gasteiger partial charge on any atom is 0.456 e. The van der Waals surface area contributed by atoms with E-state index in [0.29, 0.717) is 0 Å². The average molecular weight is 160 g/mol. The number of rotatable bonds is 1. The van der Waals surface area contributed by atoms with E-state index in [0.717, 1.165) is 0 Å². The zero-order chi connectivity index (χ0) is 7.65. The number of Topliss-reactive ketones (excluding diaryl/α,β-unsaturated/α-hetero) is 1. The van der Waals surface area contributed by atoms with Crippen LogP contribution in [0.15, 0.2) is 0 Å². The van der Waals surface area contributed by atoms with E-state index >= 15 is 0 Å². The molecule has 0 aromatic heterocycles. The van der Waals surface area contributed by atoms with Crippen molar-refractivity contribution in [3.05, 3.63) is 6.92 Å². The lowest BCUT2D eigenvalue weighted by molar-refractivity contribution is -0.169. The van der Waals surface area contributed by atoms with Crippen molar-refractivity contribution < 1.29 is 18.0 Å². The van der Waals surface area contributed by atoms with E-state index in [1.54, 1.807) is 0 Å². The Morgan fingerprint density at radius 3 is 1.89 bits per heavy atom. The summed E-state index contributed by atoms with van der Waals surface area (Å²) in [5, 5.41) is -1.73. The Morgan fingerprint density at radius 2 is 1.89 bits per heavy atom. The van der Waals surface area contributed by atoms with E-state index < -0.39 is 17.3 Å². The predicted molar refractivity (Wildman–Crippen MR) is 26.1 cm³/mol. The minimum absolute atomic E-state index is 1.73. The van der Waals surface area contributed by atoms with Crippen LogP contribution in [0.2, 0.25) is 0 Å². The number of carbonyl (C=O) groups excluding carboxylic acids is 1. The van der Waals surface area contributed by atoms with Crippen molar-refractivity contribution in [3.63, 3.8) is 0 Å². The SMILES string of the molecule is [CH2+]C(Cl)C(=O)C(F)(F)F. The smallest absolute Gasteiger partial charge is 0.283 e. The van der Waals surface area contributed by atoms with E-state index in [-0.39, 0.29) is 0 Å². The van der Waals surface area contributed by atoms with Crippen LogP contribution >= 0.6 is 11.6 Å². The molecule has 0 aromatic rings. The van der Waals surface area contributed by atoms with Crippen LogP contribution in [-0.2, 0) is 4.79 Å². The second kappa shape index (κ2) is 2.47. The van der Waals surface area contributed by atoms with Crippen LogP contribution in [0, 0.1) is 6.92 Å². The van der Waals surface area contributed by atoms with Crippen molar-refractivity contribution >= 4 is 17.4 Å². The highest BCUT2D eigenvalue weighted by Gasteiger charge is 2.44. The molecule has 0 saturated carbocycles. The minimum atomic E-state index is -4.85. The van der Waals surface area contributed by atoms with Gasteiger partial charge in [-0.3, -0.25) is 4.79 Å². The van der Waals surface area contributed by atoms with Crippen molar-refractivity contribution in [3.8, 4) is 0 Å². The van der Waals surface area contributed by atoms with Gasteiger partial charge in [0.2, 0.25) is 5.38 Å². The molecule has 0 saturated heterocycles. The zero-order valence-corrected chi connectivity index (χ0v) is 4.96. The number of ketones is 1. The van der Waals surface area contributed by atoms with E-state index in [4.69, 9.17) is 11.6 Å². The third-order valence-electron chi connectivity index (χ3n) is 0.564. The fourth-order valence-corrected chi connectivity index (χ4v) is 0.301. The first kappa shape index (κ1) is 8.62. The number of halogens is 4. The molecule has 9 heavy (non-hydrogen) atoms. The molecule has 0 radical (unpaired) electrons. The van der Waals surface area contributed by atoms with Gasteiger partial charge in [-0.25, -0.2) is 0 Å². The first-order valence-corrected chi connectivity index (χ1v) is 2.37. The van der Waals surface area contributed by atoms with Gasteiger partial charge in [-0.2, -0.15) is 13.2 Å². The summed E-state index contributed by atoms with van der Waals surface area (Å²) in [6, 6.07) is 0. The maximum absolute atomic E-state index is 11.2. The molecule has 52 valence electrons. The topological polar surface area (TPSA) is 17.1 Å². The monoisotopic (exact) mass is 159 g/mol. The Hall–Kier alpha value is -0.380. The van der Waals surface area contributed by atoms with Crippen molar-refractivity contribution in [2.24, 2.45) is 0 Å². The summed E-state index contributed by atoms with van der Waals surface area (Å²) in [5.41, 5.74) is 0. The van der Waals surface area contributed by atoms with Crippen molar-refractivity contribution in [1.82, 2.24) is 0 Å².